The normalized spacial score (nSPS) is 22.4. The van der Waals surface area contributed by atoms with Crippen LogP contribution in [-0.2, 0) is 27.4 Å². The summed E-state index contributed by atoms with van der Waals surface area (Å²) in [7, 11) is 0. The van der Waals surface area contributed by atoms with Crippen molar-refractivity contribution in [2.24, 2.45) is 0 Å². The van der Waals surface area contributed by atoms with Crippen molar-refractivity contribution in [1.29, 1.82) is 0 Å². The fraction of sp³-hybridized carbons (Fsp3) is 0.500. The second-order valence-corrected chi connectivity index (χ2v) is 8.73. The minimum Gasteiger partial charge on any atom is -0.481 e. The Balaban J connectivity index is 1.57. The third-order valence-electron chi connectivity index (χ3n) is 5.82. The summed E-state index contributed by atoms with van der Waals surface area (Å²) in [5.41, 5.74) is -0.346. The molecule has 0 saturated carbocycles. The SMILES string of the molecule is O=C(NC1(CNCl)CCOC1)c1oc(COC2CCCCO2)cc(=O)c1OCc1ccccc1. The first kappa shape index (κ1) is 24.7. The number of nitrogens with one attached hydrogen (secondary N) is 2. The summed E-state index contributed by atoms with van der Waals surface area (Å²) < 4.78 is 28.4. The molecular formula is C24H29ClN2O7. The van der Waals surface area contributed by atoms with Gasteiger partial charge in [-0.3, -0.25) is 9.59 Å². The van der Waals surface area contributed by atoms with Crippen LogP contribution in [0.25, 0.3) is 0 Å². The third-order valence-corrected chi connectivity index (χ3v) is 5.96. The van der Waals surface area contributed by atoms with E-state index in [1.165, 1.54) is 6.07 Å². The van der Waals surface area contributed by atoms with Crippen molar-refractivity contribution in [3.63, 3.8) is 0 Å². The van der Waals surface area contributed by atoms with Crippen LogP contribution in [0, 0.1) is 0 Å². The Morgan fingerprint density at radius 2 is 2.03 bits per heavy atom. The van der Waals surface area contributed by atoms with E-state index in [4.69, 9.17) is 35.1 Å². The van der Waals surface area contributed by atoms with Crippen LogP contribution < -0.4 is 20.3 Å². The van der Waals surface area contributed by atoms with E-state index < -0.39 is 16.9 Å². The van der Waals surface area contributed by atoms with Crippen molar-refractivity contribution >= 4 is 17.7 Å². The molecule has 2 atom stereocenters. The summed E-state index contributed by atoms with van der Waals surface area (Å²) in [5, 5.41) is 2.92. The predicted octanol–water partition coefficient (Wildman–Crippen LogP) is 2.89. The van der Waals surface area contributed by atoms with Crippen molar-refractivity contribution in [2.75, 3.05) is 26.4 Å². The van der Waals surface area contributed by atoms with Crippen LogP contribution in [0.15, 0.2) is 45.6 Å². The van der Waals surface area contributed by atoms with Crippen LogP contribution in [0.1, 0.15) is 47.6 Å². The molecule has 1 amide bonds. The first-order chi connectivity index (χ1) is 16.6. The highest BCUT2D eigenvalue weighted by Crippen LogP contribution is 2.23. The summed E-state index contributed by atoms with van der Waals surface area (Å²) in [6.07, 6.45) is 2.97. The molecule has 34 heavy (non-hydrogen) atoms. The van der Waals surface area contributed by atoms with Crippen molar-refractivity contribution in [3.8, 4) is 5.75 Å². The average Bonchev–Trinajstić information content (AvgIpc) is 3.31. The summed E-state index contributed by atoms with van der Waals surface area (Å²) >= 11 is 5.73. The zero-order valence-corrected chi connectivity index (χ0v) is 19.6. The Bertz CT molecular complexity index is 1000. The number of rotatable bonds is 10. The molecule has 1 aromatic heterocycles. The summed E-state index contributed by atoms with van der Waals surface area (Å²) in [5.74, 6) is -0.753. The van der Waals surface area contributed by atoms with Gasteiger partial charge in [-0.05, 0) is 43.0 Å². The summed E-state index contributed by atoms with van der Waals surface area (Å²) in [4.78, 5) is 28.8. The van der Waals surface area contributed by atoms with E-state index in [1.54, 1.807) is 0 Å². The topological polar surface area (TPSA) is 108 Å². The first-order valence-corrected chi connectivity index (χ1v) is 11.8. The molecular weight excluding hydrogens is 464 g/mol. The number of hydrogen-bond donors (Lipinski definition) is 2. The molecule has 2 N–H and O–H groups in total. The number of ether oxygens (including phenoxy) is 4. The minimum absolute atomic E-state index is 0.00333. The van der Waals surface area contributed by atoms with E-state index in [-0.39, 0.29) is 49.9 Å². The van der Waals surface area contributed by atoms with Crippen molar-refractivity contribution in [1.82, 2.24) is 10.2 Å². The van der Waals surface area contributed by atoms with E-state index in [2.05, 4.69) is 10.2 Å². The van der Waals surface area contributed by atoms with Gasteiger partial charge in [0.2, 0.25) is 16.9 Å². The van der Waals surface area contributed by atoms with E-state index in [9.17, 15) is 9.59 Å². The maximum atomic E-state index is 13.3. The summed E-state index contributed by atoms with van der Waals surface area (Å²) in [6, 6.07) is 10.6. The molecule has 1 aromatic carbocycles. The van der Waals surface area contributed by atoms with Crippen LogP contribution in [-0.4, -0.2) is 44.1 Å². The second kappa shape index (κ2) is 11.8. The molecule has 2 aliphatic heterocycles. The van der Waals surface area contributed by atoms with Crippen LogP contribution in [0.4, 0.5) is 0 Å². The standard InChI is InChI=1S/C24H29ClN2O7/c25-26-15-24(9-11-30-16-24)27-23(29)22-21(33-13-17-6-2-1-3-7-17)19(28)12-18(34-22)14-32-20-8-4-5-10-31-20/h1-3,6-7,12,20,26H,4-5,8-11,13-16H2,(H,27,29). The predicted molar refractivity (Wildman–Crippen MR) is 124 cm³/mol. The lowest BCUT2D eigenvalue weighted by Crippen LogP contribution is -2.54. The summed E-state index contributed by atoms with van der Waals surface area (Å²) in [6.45, 7) is 1.78. The number of amides is 1. The van der Waals surface area contributed by atoms with Gasteiger partial charge in [-0.2, -0.15) is 0 Å². The molecule has 184 valence electrons. The minimum atomic E-state index is -0.726. The lowest BCUT2D eigenvalue weighted by atomic mass is 9.99. The molecule has 2 fully saturated rings. The molecule has 0 radical (unpaired) electrons. The Morgan fingerprint density at radius 1 is 1.18 bits per heavy atom. The van der Waals surface area contributed by atoms with Crippen LogP contribution in [0.3, 0.4) is 0 Å². The Labute approximate surface area is 202 Å². The maximum Gasteiger partial charge on any atom is 0.291 e. The van der Waals surface area contributed by atoms with Gasteiger partial charge in [0.05, 0.1) is 12.1 Å². The average molecular weight is 493 g/mol. The Hall–Kier alpha value is -2.43. The quantitative estimate of drug-likeness (QED) is 0.487. The van der Waals surface area contributed by atoms with Gasteiger partial charge in [-0.15, -0.1) is 0 Å². The van der Waals surface area contributed by atoms with Gasteiger partial charge >= 0.3 is 0 Å². The number of benzene rings is 1. The zero-order chi connectivity index (χ0) is 23.8. The highest BCUT2D eigenvalue weighted by molar-refractivity contribution is 6.13. The molecule has 0 aliphatic carbocycles. The second-order valence-electron chi connectivity index (χ2n) is 8.46. The monoisotopic (exact) mass is 492 g/mol. The van der Waals surface area contributed by atoms with Gasteiger partial charge in [0.1, 0.15) is 19.0 Å². The molecule has 0 bridgehead atoms. The molecule has 3 heterocycles. The lowest BCUT2D eigenvalue weighted by Gasteiger charge is -2.28. The maximum absolute atomic E-state index is 13.3. The first-order valence-electron chi connectivity index (χ1n) is 11.4. The number of carbonyl (C=O) groups excluding carboxylic acids is 1. The van der Waals surface area contributed by atoms with Crippen LogP contribution in [0.2, 0.25) is 0 Å². The van der Waals surface area contributed by atoms with Crippen molar-refractivity contribution in [2.45, 2.75) is 50.7 Å². The van der Waals surface area contributed by atoms with E-state index >= 15 is 0 Å². The molecule has 2 unspecified atom stereocenters. The van der Waals surface area contributed by atoms with Gasteiger partial charge in [0, 0.05) is 25.8 Å². The highest BCUT2D eigenvalue weighted by Gasteiger charge is 2.38. The van der Waals surface area contributed by atoms with Crippen LogP contribution in [0.5, 0.6) is 5.75 Å². The van der Waals surface area contributed by atoms with Crippen molar-refractivity contribution < 1.29 is 28.2 Å². The third kappa shape index (κ3) is 6.37. The Kier molecular flexibility index (Phi) is 8.58. The fourth-order valence-corrected chi connectivity index (χ4v) is 4.21. The van der Waals surface area contributed by atoms with Gasteiger partial charge in [-0.25, -0.2) is 4.84 Å². The van der Waals surface area contributed by atoms with E-state index in [0.29, 0.717) is 19.6 Å². The van der Waals surface area contributed by atoms with Crippen LogP contribution >= 0.6 is 11.8 Å². The molecule has 4 rings (SSSR count). The lowest BCUT2D eigenvalue weighted by molar-refractivity contribution is -0.171. The number of halogens is 1. The largest absolute Gasteiger partial charge is 0.481 e. The van der Waals surface area contributed by atoms with Gasteiger partial charge in [0.25, 0.3) is 5.91 Å². The molecule has 2 aromatic rings. The smallest absolute Gasteiger partial charge is 0.291 e. The fourth-order valence-electron chi connectivity index (χ4n) is 3.95. The van der Waals surface area contributed by atoms with E-state index in [1.807, 2.05) is 30.3 Å². The van der Waals surface area contributed by atoms with E-state index in [0.717, 1.165) is 24.8 Å². The highest BCUT2D eigenvalue weighted by atomic mass is 35.5. The number of carbonyl (C=O) groups is 1. The molecule has 2 aliphatic rings. The van der Waals surface area contributed by atoms with Gasteiger partial charge in [0.15, 0.2) is 6.29 Å². The molecule has 0 spiro atoms. The molecule has 2 saturated heterocycles. The number of hydrogen-bond acceptors (Lipinski definition) is 8. The van der Waals surface area contributed by atoms with Crippen molar-refractivity contribution in [3.05, 3.63) is 63.7 Å². The van der Waals surface area contributed by atoms with Gasteiger partial charge in [-0.1, -0.05) is 30.3 Å². The van der Waals surface area contributed by atoms with Gasteiger partial charge < -0.3 is 28.7 Å². The molecule has 9 nitrogen and oxygen atoms in total. The molecule has 10 heteroatoms. The zero-order valence-electron chi connectivity index (χ0n) is 18.8. The Morgan fingerprint density at radius 3 is 2.74 bits per heavy atom.